The average molecular weight is 385 g/mol. The number of hydrogen-bond donors (Lipinski definition) is 0. The molecule has 5 nitrogen and oxygen atoms in total. The monoisotopic (exact) mass is 384 g/mol. The second kappa shape index (κ2) is 8.24. The quantitative estimate of drug-likeness (QED) is 0.533. The predicted octanol–water partition coefficient (Wildman–Crippen LogP) is 3.04. The van der Waals surface area contributed by atoms with Crippen molar-refractivity contribution in [1.82, 2.24) is 0 Å². The van der Waals surface area contributed by atoms with Crippen LogP contribution in [0.25, 0.3) is 0 Å². The maximum atomic E-state index is 12.9. The van der Waals surface area contributed by atoms with Gasteiger partial charge in [0.15, 0.2) is 5.78 Å². The van der Waals surface area contributed by atoms with Gasteiger partial charge in [0.1, 0.15) is 0 Å². The molecule has 1 aromatic carbocycles. The second-order valence-corrected chi connectivity index (χ2v) is 6.35. The summed E-state index contributed by atoms with van der Waals surface area (Å²) in [6.45, 7) is 6.74. The molecule has 6 heteroatoms. The number of ether oxygens (including phenoxy) is 2. The van der Waals surface area contributed by atoms with E-state index in [1.807, 2.05) is 0 Å². The lowest BCUT2D eigenvalue weighted by molar-refractivity contribution is -0.165. The highest BCUT2D eigenvalue weighted by molar-refractivity contribution is 9.10. The molecule has 1 aromatic rings. The van der Waals surface area contributed by atoms with Gasteiger partial charge in [0.05, 0.1) is 13.2 Å². The Kier molecular flexibility index (Phi) is 6.94. The Morgan fingerprint density at radius 1 is 1.00 bits per heavy atom. The van der Waals surface area contributed by atoms with Gasteiger partial charge >= 0.3 is 11.9 Å². The maximum absolute atomic E-state index is 12.9. The summed E-state index contributed by atoms with van der Waals surface area (Å²) in [6.07, 6.45) is 0. The van der Waals surface area contributed by atoms with Crippen molar-refractivity contribution in [3.8, 4) is 0 Å². The van der Waals surface area contributed by atoms with Crippen molar-refractivity contribution >= 4 is 33.7 Å². The maximum Gasteiger partial charge on any atom is 0.328 e. The molecule has 0 radical (unpaired) electrons. The van der Waals surface area contributed by atoms with Crippen molar-refractivity contribution in [3.63, 3.8) is 0 Å². The zero-order valence-electron chi connectivity index (χ0n) is 13.7. The summed E-state index contributed by atoms with van der Waals surface area (Å²) in [5.41, 5.74) is -0.338. The lowest BCUT2D eigenvalue weighted by Gasteiger charge is -2.27. The van der Waals surface area contributed by atoms with Crippen LogP contribution >= 0.6 is 15.9 Å². The number of rotatable bonds is 7. The molecule has 0 atom stereocenters. The number of halogens is 1. The van der Waals surface area contributed by atoms with E-state index in [1.165, 1.54) is 0 Å². The van der Waals surface area contributed by atoms with Crippen LogP contribution in [-0.4, -0.2) is 30.9 Å². The standard InChI is InChI=1S/C17H21BrO5/c1-5-22-15(20)13(16(21)23-6-2)14(19)17(3,4)11-7-9-12(18)10-8-11/h7-10,13H,5-6H2,1-4H3. The molecule has 0 fully saturated rings. The van der Waals surface area contributed by atoms with E-state index >= 15 is 0 Å². The van der Waals surface area contributed by atoms with Crippen LogP contribution in [0, 0.1) is 5.92 Å². The number of benzene rings is 1. The summed E-state index contributed by atoms with van der Waals surface area (Å²) >= 11 is 3.33. The largest absolute Gasteiger partial charge is 0.465 e. The molecule has 0 unspecified atom stereocenters. The van der Waals surface area contributed by atoms with Crippen molar-refractivity contribution in [1.29, 1.82) is 0 Å². The number of ketones is 1. The lowest BCUT2D eigenvalue weighted by Crippen LogP contribution is -2.44. The van der Waals surface area contributed by atoms with Gasteiger partial charge in [0.2, 0.25) is 5.92 Å². The van der Waals surface area contributed by atoms with Crippen molar-refractivity contribution in [2.75, 3.05) is 13.2 Å². The third-order valence-electron chi connectivity index (χ3n) is 3.49. The second-order valence-electron chi connectivity index (χ2n) is 5.43. The SMILES string of the molecule is CCOC(=O)C(C(=O)OCC)C(=O)C(C)(C)c1ccc(Br)cc1. The zero-order chi connectivity index (χ0) is 17.6. The molecule has 126 valence electrons. The molecule has 23 heavy (non-hydrogen) atoms. The van der Waals surface area contributed by atoms with Gasteiger partial charge in [0.25, 0.3) is 0 Å². The van der Waals surface area contributed by atoms with Crippen LogP contribution in [0.5, 0.6) is 0 Å². The van der Waals surface area contributed by atoms with Crippen molar-refractivity contribution < 1.29 is 23.9 Å². The van der Waals surface area contributed by atoms with E-state index in [0.717, 1.165) is 4.47 Å². The minimum Gasteiger partial charge on any atom is -0.465 e. The van der Waals surface area contributed by atoms with Crippen LogP contribution in [0.3, 0.4) is 0 Å². The van der Waals surface area contributed by atoms with E-state index in [2.05, 4.69) is 15.9 Å². The number of esters is 2. The molecular weight excluding hydrogens is 364 g/mol. The molecule has 0 aliphatic carbocycles. The van der Waals surface area contributed by atoms with E-state index in [-0.39, 0.29) is 13.2 Å². The van der Waals surface area contributed by atoms with Crippen LogP contribution in [0.15, 0.2) is 28.7 Å². The normalized spacial score (nSPS) is 11.2. The van der Waals surface area contributed by atoms with Crippen LogP contribution in [-0.2, 0) is 29.3 Å². The van der Waals surface area contributed by atoms with Gasteiger partial charge in [0, 0.05) is 9.89 Å². The topological polar surface area (TPSA) is 69.7 Å². The highest BCUT2D eigenvalue weighted by Crippen LogP contribution is 2.29. The highest BCUT2D eigenvalue weighted by Gasteiger charge is 2.45. The Morgan fingerprint density at radius 2 is 1.43 bits per heavy atom. The molecule has 1 rings (SSSR count). The summed E-state index contributed by atoms with van der Waals surface area (Å²) in [5, 5.41) is 0. The first-order chi connectivity index (χ1) is 10.8. The van der Waals surface area contributed by atoms with E-state index in [4.69, 9.17) is 9.47 Å². The van der Waals surface area contributed by atoms with Gasteiger partial charge in [-0.1, -0.05) is 28.1 Å². The fourth-order valence-electron chi connectivity index (χ4n) is 2.13. The van der Waals surface area contributed by atoms with E-state index in [0.29, 0.717) is 5.56 Å². The minimum atomic E-state index is -1.58. The molecule has 0 spiro atoms. The minimum absolute atomic E-state index is 0.0841. The Balaban J connectivity index is 3.18. The van der Waals surface area contributed by atoms with Gasteiger partial charge in [-0.25, -0.2) is 0 Å². The van der Waals surface area contributed by atoms with E-state index in [9.17, 15) is 14.4 Å². The Bertz CT molecular complexity index is 559. The van der Waals surface area contributed by atoms with Crippen molar-refractivity contribution in [3.05, 3.63) is 34.3 Å². The van der Waals surface area contributed by atoms with Gasteiger partial charge in [-0.3, -0.25) is 14.4 Å². The Morgan fingerprint density at radius 3 is 1.83 bits per heavy atom. The summed E-state index contributed by atoms with van der Waals surface area (Å²) in [5.74, 6) is -3.87. The number of carbonyl (C=O) groups is 3. The fraction of sp³-hybridized carbons (Fsp3) is 0.471. The van der Waals surface area contributed by atoms with Crippen molar-refractivity contribution in [2.24, 2.45) is 5.92 Å². The van der Waals surface area contributed by atoms with Gasteiger partial charge in [-0.2, -0.15) is 0 Å². The van der Waals surface area contributed by atoms with Crippen LogP contribution < -0.4 is 0 Å². The third kappa shape index (κ3) is 4.64. The Labute approximate surface area is 144 Å². The molecule has 0 heterocycles. The Hall–Kier alpha value is -1.69. The molecule has 0 amide bonds. The molecular formula is C17H21BrO5. The first kappa shape index (κ1) is 19.4. The van der Waals surface area contributed by atoms with Gasteiger partial charge < -0.3 is 9.47 Å². The first-order valence-corrected chi connectivity index (χ1v) is 8.18. The zero-order valence-corrected chi connectivity index (χ0v) is 15.3. The lowest BCUT2D eigenvalue weighted by atomic mass is 9.75. The van der Waals surface area contributed by atoms with Crippen LogP contribution in [0.1, 0.15) is 33.3 Å². The van der Waals surface area contributed by atoms with Gasteiger partial charge in [-0.15, -0.1) is 0 Å². The first-order valence-electron chi connectivity index (χ1n) is 7.39. The average Bonchev–Trinajstić information content (AvgIpc) is 2.48. The molecule has 0 saturated heterocycles. The van der Waals surface area contributed by atoms with E-state index < -0.39 is 29.1 Å². The fourth-order valence-corrected chi connectivity index (χ4v) is 2.40. The van der Waals surface area contributed by atoms with Crippen LogP contribution in [0.2, 0.25) is 0 Å². The molecule has 0 bridgehead atoms. The van der Waals surface area contributed by atoms with E-state index in [1.54, 1.807) is 52.0 Å². The smallest absolute Gasteiger partial charge is 0.328 e. The molecule has 0 N–H and O–H groups in total. The molecule has 0 aromatic heterocycles. The van der Waals surface area contributed by atoms with Crippen LogP contribution in [0.4, 0.5) is 0 Å². The van der Waals surface area contributed by atoms with Gasteiger partial charge in [-0.05, 0) is 45.4 Å². The number of carbonyl (C=O) groups excluding carboxylic acids is 3. The van der Waals surface area contributed by atoms with Crippen molar-refractivity contribution in [2.45, 2.75) is 33.1 Å². The molecule has 0 aliphatic heterocycles. The molecule has 0 saturated carbocycles. The number of Topliss-reactive ketones (excluding diaryl/α,β-unsaturated/α-hetero) is 1. The summed E-state index contributed by atoms with van der Waals surface area (Å²) < 4.78 is 10.6. The predicted molar refractivity (Wildman–Crippen MR) is 88.9 cm³/mol. The third-order valence-corrected chi connectivity index (χ3v) is 4.02. The molecule has 0 aliphatic rings. The summed E-state index contributed by atoms with van der Waals surface area (Å²) in [6, 6.07) is 7.15. The summed E-state index contributed by atoms with van der Waals surface area (Å²) in [4.78, 5) is 37.0. The highest BCUT2D eigenvalue weighted by atomic mass is 79.9. The number of hydrogen-bond acceptors (Lipinski definition) is 5. The summed E-state index contributed by atoms with van der Waals surface area (Å²) in [7, 11) is 0.